The fourth-order valence-corrected chi connectivity index (χ4v) is 2.06. The molecule has 2 aromatic rings. The number of halogens is 1. The fourth-order valence-electron chi connectivity index (χ4n) is 1.91. The fraction of sp³-hybridized carbons (Fsp3) is 0.250. The van der Waals surface area contributed by atoms with Crippen LogP contribution in [-0.4, -0.2) is 17.3 Å². The largest absolute Gasteiger partial charge is 0.496 e. The molecule has 0 saturated carbocycles. The summed E-state index contributed by atoms with van der Waals surface area (Å²) in [5.74, 6) is 1.25. The minimum absolute atomic E-state index is 0.506. The van der Waals surface area contributed by atoms with E-state index in [0.29, 0.717) is 5.82 Å². The summed E-state index contributed by atoms with van der Waals surface area (Å²) in [5.41, 5.74) is 9.45. The third-order valence-corrected chi connectivity index (χ3v) is 3.38. The van der Waals surface area contributed by atoms with E-state index in [1.165, 1.54) is 0 Å². The lowest BCUT2D eigenvalue weighted by atomic mass is 9.99. The van der Waals surface area contributed by atoms with Crippen LogP contribution >= 0.6 is 11.6 Å². The third-order valence-electron chi connectivity index (χ3n) is 2.80. The van der Waals surface area contributed by atoms with Gasteiger partial charge in [-0.3, -0.25) is 5.10 Å². The van der Waals surface area contributed by atoms with Gasteiger partial charge in [-0.25, -0.2) is 0 Å². The number of aromatic nitrogens is 2. The molecule has 1 aromatic carbocycles. The number of hydrogen-bond donors (Lipinski definition) is 2. The molecule has 17 heavy (non-hydrogen) atoms. The van der Waals surface area contributed by atoms with Crippen LogP contribution in [0.15, 0.2) is 12.3 Å². The number of benzene rings is 1. The molecule has 1 aromatic heterocycles. The lowest BCUT2D eigenvalue weighted by Gasteiger charge is -2.14. The van der Waals surface area contributed by atoms with Gasteiger partial charge in [-0.1, -0.05) is 11.6 Å². The van der Waals surface area contributed by atoms with Crippen LogP contribution in [0.5, 0.6) is 5.75 Å². The number of nitrogens with two attached hydrogens (primary N) is 1. The maximum atomic E-state index is 6.25. The molecule has 1 heterocycles. The second-order valence-corrected chi connectivity index (χ2v) is 4.29. The first-order valence-corrected chi connectivity index (χ1v) is 5.57. The molecule has 5 heteroatoms. The van der Waals surface area contributed by atoms with Crippen molar-refractivity contribution in [2.45, 2.75) is 13.8 Å². The number of methoxy groups -OCH3 is 1. The first kappa shape index (κ1) is 11.8. The summed E-state index contributed by atoms with van der Waals surface area (Å²) in [6.45, 7) is 3.89. The first-order chi connectivity index (χ1) is 8.06. The molecule has 0 spiro atoms. The molecule has 0 saturated heterocycles. The Balaban J connectivity index is 2.76. The SMILES string of the molecule is COc1cc(C)c(Cl)c(C)c1-c1cn[nH]c1N. The summed E-state index contributed by atoms with van der Waals surface area (Å²) in [7, 11) is 1.63. The summed E-state index contributed by atoms with van der Waals surface area (Å²) in [4.78, 5) is 0. The normalized spacial score (nSPS) is 10.6. The maximum Gasteiger partial charge on any atom is 0.127 e. The smallest absolute Gasteiger partial charge is 0.127 e. The van der Waals surface area contributed by atoms with Crippen molar-refractivity contribution in [3.63, 3.8) is 0 Å². The molecule has 0 aliphatic heterocycles. The molecule has 0 aliphatic carbocycles. The Morgan fingerprint density at radius 1 is 1.41 bits per heavy atom. The van der Waals surface area contributed by atoms with E-state index in [1.54, 1.807) is 13.3 Å². The van der Waals surface area contributed by atoms with E-state index in [1.807, 2.05) is 19.9 Å². The van der Waals surface area contributed by atoms with Gasteiger partial charge in [0.25, 0.3) is 0 Å². The van der Waals surface area contributed by atoms with Crippen molar-refractivity contribution >= 4 is 17.4 Å². The molecule has 0 fully saturated rings. The van der Waals surface area contributed by atoms with Crippen LogP contribution in [0, 0.1) is 13.8 Å². The molecule has 90 valence electrons. The molecule has 2 rings (SSSR count). The van der Waals surface area contributed by atoms with Gasteiger partial charge in [0, 0.05) is 16.1 Å². The average molecular weight is 252 g/mol. The van der Waals surface area contributed by atoms with E-state index >= 15 is 0 Å². The molecule has 0 amide bonds. The molecule has 0 aliphatic rings. The van der Waals surface area contributed by atoms with E-state index in [9.17, 15) is 0 Å². The number of aryl methyl sites for hydroxylation is 1. The Bertz CT molecular complexity index is 563. The van der Waals surface area contributed by atoms with Crippen molar-refractivity contribution in [1.82, 2.24) is 10.2 Å². The van der Waals surface area contributed by atoms with Gasteiger partial charge in [-0.2, -0.15) is 5.10 Å². The summed E-state index contributed by atoms with van der Waals surface area (Å²) < 4.78 is 5.38. The number of anilines is 1. The highest BCUT2D eigenvalue weighted by molar-refractivity contribution is 6.32. The Kier molecular flexibility index (Phi) is 2.98. The zero-order valence-corrected chi connectivity index (χ0v) is 10.7. The van der Waals surface area contributed by atoms with Gasteiger partial charge < -0.3 is 10.5 Å². The van der Waals surface area contributed by atoms with Gasteiger partial charge in [-0.15, -0.1) is 0 Å². The molecule has 0 atom stereocenters. The van der Waals surface area contributed by atoms with E-state index in [2.05, 4.69) is 10.2 Å². The van der Waals surface area contributed by atoms with Gasteiger partial charge in [0.15, 0.2) is 0 Å². The van der Waals surface area contributed by atoms with Crippen molar-refractivity contribution < 1.29 is 4.74 Å². The number of nitrogens with one attached hydrogen (secondary N) is 1. The minimum Gasteiger partial charge on any atom is -0.496 e. The van der Waals surface area contributed by atoms with E-state index in [0.717, 1.165) is 33.0 Å². The second kappa shape index (κ2) is 4.30. The van der Waals surface area contributed by atoms with Gasteiger partial charge in [0.05, 0.1) is 13.3 Å². The monoisotopic (exact) mass is 251 g/mol. The molecular weight excluding hydrogens is 238 g/mol. The number of rotatable bonds is 2. The Hall–Kier alpha value is -1.68. The van der Waals surface area contributed by atoms with Crippen LogP contribution in [0.25, 0.3) is 11.1 Å². The van der Waals surface area contributed by atoms with Crippen molar-refractivity contribution in [3.05, 3.63) is 28.4 Å². The standard InChI is InChI=1S/C12H14ClN3O/c1-6-4-9(17-3)10(7(2)11(6)13)8-5-15-16-12(8)14/h4-5H,1-3H3,(H3,14,15,16). The van der Waals surface area contributed by atoms with Gasteiger partial charge in [-0.05, 0) is 31.0 Å². The zero-order valence-electron chi connectivity index (χ0n) is 9.97. The van der Waals surface area contributed by atoms with Gasteiger partial charge in [0.2, 0.25) is 0 Å². The summed E-state index contributed by atoms with van der Waals surface area (Å²) >= 11 is 6.25. The van der Waals surface area contributed by atoms with Gasteiger partial charge in [0.1, 0.15) is 11.6 Å². The molecule has 0 radical (unpaired) electrons. The van der Waals surface area contributed by atoms with Crippen molar-refractivity contribution in [2.75, 3.05) is 12.8 Å². The summed E-state index contributed by atoms with van der Waals surface area (Å²) in [6.07, 6.45) is 1.67. The van der Waals surface area contributed by atoms with E-state index in [4.69, 9.17) is 22.1 Å². The highest BCUT2D eigenvalue weighted by Gasteiger charge is 2.17. The highest BCUT2D eigenvalue weighted by atomic mass is 35.5. The number of hydrogen-bond acceptors (Lipinski definition) is 3. The lowest BCUT2D eigenvalue weighted by Crippen LogP contribution is -1.96. The Morgan fingerprint density at radius 2 is 2.12 bits per heavy atom. The highest BCUT2D eigenvalue weighted by Crippen LogP contribution is 2.40. The first-order valence-electron chi connectivity index (χ1n) is 5.19. The van der Waals surface area contributed by atoms with Crippen LogP contribution in [0.2, 0.25) is 5.02 Å². The topological polar surface area (TPSA) is 63.9 Å². The zero-order chi connectivity index (χ0) is 12.6. The van der Waals surface area contributed by atoms with E-state index < -0.39 is 0 Å². The number of nitrogen functional groups attached to an aromatic ring is 1. The lowest BCUT2D eigenvalue weighted by molar-refractivity contribution is 0.416. The number of aromatic amines is 1. The van der Waals surface area contributed by atoms with Crippen LogP contribution in [0.1, 0.15) is 11.1 Å². The maximum absolute atomic E-state index is 6.25. The summed E-state index contributed by atoms with van der Waals surface area (Å²) in [6, 6.07) is 1.90. The number of ether oxygens (including phenoxy) is 1. The molecule has 0 unspecified atom stereocenters. The molecule has 0 bridgehead atoms. The van der Waals surface area contributed by atoms with Crippen LogP contribution in [0.3, 0.4) is 0 Å². The third kappa shape index (κ3) is 1.85. The van der Waals surface area contributed by atoms with Crippen LogP contribution in [0.4, 0.5) is 5.82 Å². The average Bonchev–Trinajstić information content (AvgIpc) is 2.72. The molecule has 4 nitrogen and oxygen atoms in total. The predicted molar refractivity (Wildman–Crippen MR) is 69.5 cm³/mol. The van der Waals surface area contributed by atoms with Crippen LogP contribution in [-0.2, 0) is 0 Å². The molecule has 3 N–H and O–H groups in total. The summed E-state index contributed by atoms with van der Waals surface area (Å²) in [5, 5.41) is 7.35. The minimum atomic E-state index is 0.506. The van der Waals surface area contributed by atoms with Crippen molar-refractivity contribution in [3.8, 4) is 16.9 Å². The quantitative estimate of drug-likeness (QED) is 0.863. The van der Waals surface area contributed by atoms with Crippen molar-refractivity contribution in [1.29, 1.82) is 0 Å². The Morgan fingerprint density at radius 3 is 2.65 bits per heavy atom. The predicted octanol–water partition coefficient (Wildman–Crippen LogP) is 2.94. The van der Waals surface area contributed by atoms with Crippen LogP contribution < -0.4 is 10.5 Å². The number of nitrogens with zero attached hydrogens (tertiary/aromatic N) is 1. The van der Waals surface area contributed by atoms with E-state index in [-0.39, 0.29) is 0 Å². The van der Waals surface area contributed by atoms with Gasteiger partial charge >= 0.3 is 0 Å². The van der Waals surface area contributed by atoms with Crippen molar-refractivity contribution in [2.24, 2.45) is 0 Å². The Labute approximate surface area is 105 Å². The molecular formula is C12H14ClN3O. The number of H-pyrrole nitrogens is 1. The second-order valence-electron chi connectivity index (χ2n) is 3.91.